The Morgan fingerprint density at radius 3 is 2.68 bits per heavy atom. The van der Waals surface area contributed by atoms with E-state index in [2.05, 4.69) is 10.4 Å². The van der Waals surface area contributed by atoms with Gasteiger partial charge in [-0.1, -0.05) is 6.08 Å². The fourth-order valence-electron chi connectivity index (χ4n) is 2.33. The quantitative estimate of drug-likeness (QED) is 0.668. The molecule has 0 radical (unpaired) electrons. The molecule has 2 heterocycles. The Bertz CT molecular complexity index is 472. The van der Waals surface area contributed by atoms with Crippen LogP contribution in [-0.2, 0) is 9.59 Å². The summed E-state index contributed by atoms with van der Waals surface area (Å²) in [7, 11) is 3.27. The zero-order valence-electron chi connectivity index (χ0n) is 11.3. The van der Waals surface area contributed by atoms with Crippen LogP contribution in [0.2, 0.25) is 0 Å². The SMILES string of the molecule is CC1=CC2C(=O)N(C)NC(=NCCO)C2C(=O)N1C. The number of hydrogen-bond donors (Lipinski definition) is 2. The van der Waals surface area contributed by atoms with Gasteiger partial charge < -0.3 is 10.0 Å². The van der Waals surface area contributed by atoms with Crippen molar-refractivity contribution in [3.8, 4) is 0 Å². The molecule has 7 nitrogen and oxygen atoms in total. The van der Waals surface area contributed by atoms with E-state index < -0.39 is 11.8 Å². The first kappa shape index (κ1) is 13.5. The Kier molecular flexibility index (Phi) is 3.57. The lowest BCUT2D eigenvalue weighted by atomic mass is 9.84. The second-order valence-corrected chi connectivity index (χ2v) is 4.71. The molecule has 2 atom stereocenters. The van der Waals surface area contributed by atoms with Gasteiger partial charge in [-0.25, -0.2) is 0 Å². The highest BCUT2D eigenvalue weighted by atomic mass is 16.3. The van der Waals surface area contributed by atoms with E-state index in [-0.39, 0.29) is 25.0 Å². The molecule has 2 rings (SSSR count). The lowest BCUT2D eigenvalue weighted by molar-refractivity contribution is -0.144. The van der Waals surface area contributed by atoms with Gasteiger partial charge in [0, 0.05) is 19.8 Å². The van der Waals surface area contributed by atoms with Gasteiger partial charge in [0.05, 0.1) is 19.1 Å². The predicted octanol–water partition coefficient (Wildman–Crippen LogP) is -1.04. The minimum Gasteiger partial charge on any atom is -0.394 e. The van der Waals surface area contributed by atoms with Crippen molar-refractivity contribution in [2.24, 2.45) is 16.8 Å². The average molecular weight is 266 g/mol. The molecule has 2 amide bonds. The normalized spacial score (nSPS) is 29.3. The topological polar surface area (TPSA) is 85.2 Å². The molecular weight excluding hydrogens is 248 g/mol. The molecule has 0 saturated carbocycles. The molecule has 2 N–H and O–H groups in total. The summed E-state index contributed by atoms with van der Waals surface area (Å²) in [4.78, 5) is 30.1. The molecular formula is C12H18N4O3. The number of aliphatic imine (C=N–C) groups is 1. The maximum Gasteiger partial charge on any atom is 0.248 e. The zero-order chi connectivity index (χ0) is 14.2. The van der Waals surface area contributed by atoms with Gasteiger partial charge in [-0.05, 0) is 6.92 Å². The van der Waals surface area contributed by atoms with Gasteiger partial charge in [0.2, 0.25) is 11.8 Å². The lowest BCUT2D eigenvalue weighted by Crippen LogP contribution is -2.61. The van der Waals surface area contributed by atoms with Crippen LogP contribution < -0.4 is 5.43 Å². The first-order valence-electron chi connectivity index (χ1n) is 6.12. The van der Waals surface area contributed by atoms with Gasteiger partial charge >= 0.3 is 0 Å². The van der Waals surface area contributed by atoms with Gasteiger partial charge in [0.15, 0.2) is 0 Å². The van der Waals surface area contributed by atoms with Gasteiger partial charge in [-0.2, -0.15) is 0 Å². The molecule has 0 aromatic heterocycles. The second-order valence-electron chi connectivity index (χ2n) is 4.71. The number of fused-ring (bicyclic) bond motifs is 1. The molecule has 1 fully saturated rings. The van der Waals surface area contributed by atoms with E-state index in [1.54, 1.807) is 27.1 Å². The van der Waals surface area contributed by atoms with E-state index in [0.29, 0.717) is 5.84 Å². The number of carbonyl (C=O) groups excluding carboxylic acids is 2. The number of aliphatic hydroxyl groups is 1. The van der Waals surface area contributed by atoms with E-state index in [1.807, 2.05) is 0 Å². The highest BCUT2D eigenvalue weighted by molar-refractivity contribution is 6.10. The van der Waals surface area contributed by atoms with Crippen LogP contribution in [0.4, 0.5) is 0 Å². The summed E-state index contributed by atoms with van der Waals surface area (Å²) in [5, 5.41) is 10.2. The third-order valence-electron chi connectivity index (χ3n) is 3.48. The fourth-order valence-corrected chi connectivity index (χ4v) is 2.33. The Morgan fingerprint density at radius 1 is 1.37 bits per heavy atom. The van der Waals surface area contributed by atoms with Crippen LogP contribution in [0.25, 0.3) is 0 Å². The van der Waals surface area contributed by atoms with Crippen molar-refractivity contribution in [1.29, 1.82) is 0 Å². The van der Waals surface area contributed by atoms with Gasteiger partial charge in [0.25, 0.3) is 0 Å². The number of amides is 2. The monoisotopic (exact) mass is 266 g/mol. The van der Waals surface area contributed by atoms with Crippen LogP contribution >= 0.6 is 0 Å². The van der Waals surface area contributed by atoms with Crippen LogP contribution in [0, 0.1) is 11.8 Å². The van der Waals surface area contributed by atoms with Crippen LogP contribution in [0.1, 0.15) is 6.92 Å². The number of carbonyl (C=O) groups is 2. The van der Waals surface area contributed by atoms with Gasteiger partial charge in [-0.3, -0.25) is 25.0 Å². The summed E-state index contributed by atoms with van der Waals surface area (Å²) >= 11 is 0. The number of rotatable bonds is 2. The van der Waals surface area contributed by atoms with Crippen LogP contribution in [-0.4, -0.2) is 59.9 Å². The minimum absolute atomic E-state index is 0.0981. The molecule has 0 bridgehead atoms. The zero-order valence-corrected chi connectivity index (χ0v) is 11.3. The van der Waals surface area contributed by atoms with Gasteiger partial charge in [0.1, 0.15) is 11.8 Å². The van der Waals surface area contributed by atoms with Crippen LogP contribution in [0.15, 0.2) is 16.8 Å². The van der Waals surface area contributed by atoms with Crippen LogP contribution in [0.3, 0.4) is 0 Å². The van der Waals surface area contributed by atoms with Gasteiger partial charge in [-0.15, -0.1) is 0 Å². The summed E-state index contributed by atoms with van der Waals surface area (Å²) in [6.45, 7) is 1.90. The van der Waals surface area contributed by atoms with E-state index in [9.17, 15) is 9.59 Å². The summed E-state index contributed by atoms with van der Waals surface area (Å²) in [6.07, 6.45) is 1.79. The van der Waals surface area contributed by atoms with E-state index >= 15 is 0 Å². The minimum atomic E-state index is -0.621. The number of hydrogen-bond acceptors (Lipinski definition) is 4. The summed E-state index contributed by atoms with van der Waals surface area (Å²) in [5.41, 5.74) is 3.57. The summed E-state index contributed by atoms with van der Waals surface area (Å²) < 4.78 is 0. The molecule has 2 unspecified atom stereocenters. The molecule has 0 spiro atoms. The number of amidine groups is 1. The Morgan fingerprint density at radius 2 is 2.05 bits per heavy atom. The van der Waals surface area contributed by atoms with E-state index in [0.717, 1.165) is 5.70 Å². The number of hydrazine groups is 1. The Hall–Kier alpha value is -1.89. The van der Waals surface area contributed by atoms with Crippen molar-refractivity contribution in [2.45, 2.75) is 6.92 Å². The van der Waals surface area contributed by atoms with E-state index in [4.69, 9.17) is 5.11 Å². The second kappa shape index (κ2) is 5.00. The first-order valence-corrected chi connectivity index (χ1v) is 6.12. The average Bonchev–Trinajstić information content (AvgIpc) is 2.38. The van der Waals surface area contributed by atoms with Crippen molar-refractivity contribution in [2.75, 3.05) is 27.2 Å². The van der Waals surface area contributed by atoms with Crippen molar-refractivity contribution >= 4 is 17.6 Å². The maximum absolute atomic E-state index is 12.3. The molecule has 0 aromatic carbocycles. The highest BCUT2D eigenvalue weighted by Gasteiger charge is 2.46. The standard InChI is InChI=1S/C12H18N4O3/c1-7-6-8-9(12(19)15(7)2)10(13-4-5-17)14-16(3)11(8)18/h6,8-9,17H,4-5H2,1-3H3,(H,13,14). The number of nitrogens with zero attached hydrogens (tertiary/aromatic N) is 3. The summed E-state index contributed by atoms with van der Waals surface area (Å²) in [5.74, 6) is -1.03. The van der Waals surface area contributed by atoms with E-state index in [1.165, 1.54) is 9.91 Å². The number of allylic oxidation sites excluding steroid dienone is 1. The molecule has 0 aromatic rings. The molecule has 104 valence electrons. The molecule has 19 heavy (non-hydrogen) atoms. The van der Waals surface area contributed by atoms with Crippen molar-refractivity contribution < 1.29 is 14.7 Å². The molecule has 7 heteroatoms. The Labute approximate surface area is 111 Å². The van der Waals surface area contributed by atoms with Crippen molar-refractivity contribution in [1.82, 2.24) is 15.3 Å². The number of aliphatic hydroxyl groups excluding tert-OH is 1. The first-order chi connectivity index (χ1) is 8.97. The summed E-state index contributed by atoms with van der Waals surface area (Å²) in [6, 6.07) is 0. The van der Waals surface area contributed by atoms with Crippen LogP contribution in [0.5, 0.6) is 0 Å². The van der Waals surface area contributed by atoms with Crippen molar-refractivity contribution in [3.05, 3.63) is 11.8 Å². The maximum atomic E-state index is 12.3. The third-order valence-corrected chi connectivity index (χ3v) is 3.48. The molecule has 2 aliphatic heterocycles. The fraction of sp³-hybridized carbons (Fsp3) is 0.583. The third kappa shape index (κ3) is 2.21. The molecule has 0 aliphatic carbocycles. The highest BCUT2D eigenvalue weighted by Crippen LogP contribution is 2.30. The smallest absolute Gasteiger partial charge is 0.248 e. The molecule has 2 aliphatic rings. The number of nitrogens with one attached hydrogen (secondary N) is 1. The Balaban J connectivity index is 2.42. The largest absolute Gasteiger partial charge is 0.394 e. The predicted molar refractivity (Wildman–Crippen MR) is 68.8 cm³/mol. The molecule has 1 saturated heterocycles. The lowest BCUT2D eigenvalue weighted by Gasteiger charge is -2.40. The van der Waals surface area contributed by atoms with Crippen molar-refractivity contribution in [3.63, 3.8) is 0 Å².